The number of nitrogens with zero attached hydrogens (tertiary/aromatic N) is 1. The summed E-state index contributed by atoms with van der Waals surface area (Å²) in [7, 11) is 0. The lowest BCUT2D eigenvalue weighted by Crippen LogP contribution is -2.32. The molecule has 156 valence electrons. The average molecular weight is 422 g/mol. The Morgan fingerprint density at radius 2 is 1.77 bits per heavy atom. The molecule has 1 amide bonds. The van der Waals surface area contributed by atoms with E-state index in [2.05, 4.69) is 72.7 Å². The summed E-state index contributed by atoms with van der Waals surface area (Å²) in [6.45, 7) is 5.52. The third-order valence-corrected chi connectivity index (χ3v) is 6.20. The summed E-state index contributed by atoms with van der Waals surface area (Å²) >= 11 is 1.46. The number of hydrogen-bond donors (Lipinski definition) is 2. The van der Waals surface area contributed by atoms with Gasteiger partial charge in [0.25, 0.3) is 0 Å². The summed E-state index contributed by atoms with van der Waals surface area (Å²) < 4.78 is 5.57. The van der Waals surface area contributed by atoms with E-state index in [0.29, 0.717) is 12.3 Å². The van der Waals surface area contributed by atoms with Crippen LogP contribution in [0.15, 0.2) is 53.6 Å². The summed E-state index contributed by atoms with van der Waals surface area (Å²) in [6, 6.07) is 16.6. The van der Waals surface area contributed by atoms with Gasteiger partial charge in [0.2, 0.25) is 5.91 Å². The predicted molar refractivity (Wildman–Crippen MR) is 122 cm³/mol. The zero-order chi connectivity index (χ0) is 20.9. The number of carbonyl (C=O) groups excluding carboxylic acids is 1. The van der Waals surface area contributed by atoms with Crippen molar-refractivity contribution in [2.75, 3.05) is 18.9 Å². The van der Waals surface area contributed by atoms with Crippen molar-refractivity contribution in [3.8, 4) is 22.6 Å². The second-order valence-corrected chi connectivity index (χ2v) is 8.69. The Kier molecular flexibility index (Phi) is 6.55. The Hall–Kier alpha value is -2.57. The molecule has 1 aliphatic rings. The monoisotopic (exact) mass is 421 g/mol. The first-order valence-corrected chi connectivity index (χ1v) is 11.3. The molecule has 2 heterocycles. The maximum absolute atomic E-state index is 12.4. The second-order valence-electron chi connectivity index (χ2n) is 7.73. The van der Waals surface area contributed by atoms with Gasteiger partial charge in [-0.25, -0.2) is 4.98 Å². The van der Waals surface area contributed by atoms with Crippen LogP contribution >= 0.6 is 11.8 Å². The van der Waals surface area contributed by atoms with Gasteiger partial charge in [-0.2, -0.15) is 0 Å². The van der Waals surface area contributed by atoms with Gasteiger partial charge < -0.3 is 15.0 Å². The molecule has 2 aromatic carbocycles. The molecule has 0 saturated carbocycles. The van der Waals surface area contributed by atoms with Crippen LogP contribution in [0.4, 0.5) is 0 Å². The van der Waals surface area contributed by atoms with Crippen molar-refractivity contribution in [1.82, 2.24) is 15.3 Å². The van der Waals surface area contributed by atoms with Crippen molar-refractivity contribution < 1.29 is 9.53 Å². The van der Waals surface area contributed by atoms with Gasteiger partial charge in [0.15, 0.2) is 0 Å². The molecule has 0 unspecified atom stereocenters. The zero-order valence-corrected chi connectivity index (χ0v) is 18.2. The molecule has 5 nitrogen and oxygen atoms in total. The number of nitrogens with one attached hydrogen (secondary N) is 2. The van der Waals surface area contributed by atoms with E-state index in [1.165, 1.54) is 22.9 Å². The van der Waals surface area contributed by atoms with Crippen LogP contribution < -0.4 is 5.32 Å². The van der Waals surface area contributed by atoms with Crippen molar-refractivity contribution in [2.24, 2.45) is 0 Å². The average Bonchev–Trinajstić information content (AvgIpc) is 3.42. The first-order valence-electron chi connectivity index (χ1n) is 10.3. The minimum atomic E-state index is 0.00485. The van der Waals surface area contributed by atoms with Crippen molar-refractivity contribution in [1.29, 1.82) is 0 Å². The zero-order valence-electron chi connectivity index (χ0n) is 17.4. The lowest BCUT2D eigenvalue weighted by Gasteiger charge is -2.10. The van der Waals surface area contributed by atoms with Crippen molar-refractivity contribution >= 4 is 17.7 Å². The first-order chi connectivity index (χ1) is 14.6. The number of amides is 1. The maximum Gasteiger partial charge on any atom is 0.230 e. The third kappa shape index (κ3) is 5.12. The highest BCUT2D eigenvalue weighted by Crippen LogP contribution is 2.32. The summed E-state index contributed by atoms with van der Waals surface area (Å²) in [6.07, 6.45) is 2.25. The minimum Gasteiger partial charge on any atom is -0.376 e. The van der Waals surface area contributed by atoms with Gasteiger partial charge in [0.1, 0.15) is 10.9 Å². The van der Waals surface area contributed by atoms with Gasteiger partial charge in [-0.15, -0.1) is 0 Å². The van der Waals surface area contributed by atoms with Crippen LogP contribution in [0.3, 0.4) is 0 Å². The van der Waals surface area contributed by atoms with Crippen LogP contribution in [0.5, 0.6) is 0 Å². The number of aryl methyl sites for hydroxylation is 2. The normalized spacial score (nSPS) is 16.0. The molecule has 0 bridgehead atoms. The molecule has 0 aliphatic carbocycles. The summed E-state index contributed by atoms with van der Waals surface area (Å²) in [5.41, 5.74) is 5.46. The third-order valence-electron chi connectivity index (χ3n) is 5.23. The SMILES string of the molecule is Cc1ccc(-c2nc(SCC(=O)NC[C@@H]3CCCO3)c(-c3ccc(C)cc3)[nH]2)cc1. The van der Waals surface area contributed by atoms with Crippen LogP contribution in [0.25, 0.3) is 22.6 Å². The molecule has 30 heavy (non-hydrogen) atoms. The Balaban J connectivity index is 1.51. The molecule has 3 aromatic rings. The lowest BCUT2D eigenvalue weighted by atomic mass is 10.1. The summed E-state index contributed by atoms with van der Waals surface area (Å²) in [4.78, 5) is 20.6. The second kappa shape index (κ2) is 9.49. The van der Waals surface area contributed by atoms with Gasteiger partial charge in [0, 0.05) is 24.3 Å². The molecule has 1 fully saturated rings. The number of hydrogen-bond acceptors (Lipinski definition) is 4. The molecule has 6 heteroatoms. The molecule has 1 aliphatic heterocycles. The van der Waals surface area contributed by atoms with Crippen molar-refractivity contribution in [3.63, 3.8) is 0 Å². The summed E-state index contributed by atoms with van der Waals surface area (Å²) in [5, 5.41) is 3.82. The van der Waals surface area contributed by atoms with E-state index in [9.17, 15) is 4.79 Å². The quantitative estimate of drug-likeness (QED) is 0.541. The smallest absolute Gasteiger partial charge is 0.230 e. The number of H-pyrrole nitrogens is 1. The van der Waals surface area contributed by atoms with Gasteiger partial charge in [-0.3, -0.25) is 4.79 Å². The van der Waals surface area contributed by atoms with Gasteiger partial charge in [-0.05, 0) is 26.7 Å². The molecule has 4 rings (SSSR count). The number of thioether (sulfide) groups is 1. The topological polar surface area (TPSA) is 67.0 Å². The molecule has 1 aromatic heterocycles. The van der Waals surface area contributed by atoms with Crippen LogP contribution in [0, 0.1) is 13.8 Å². The van der Waals surface area contributed by atoms with Crippen LogP contribution in [0.2, 0.25) is 0 Å². The van der Waals surface area contributed by atoms with Crippen molar-refractivity contribution in [2.45, 2.75) is 37.8 Å². The number of imidazole rings is 1. The fourth-order valence-corrected chi connectivity index (χ4v) is 4.28. The standard InChI is InChI=1S/C24H27N3O2S/c1-16-5-9-18(10-6-16)22-24(27-23(26-22)19-11-7-17(2)8-12-19)30-15-21(28)25-14-20-4-3-13-29-20/h5-12,20H,3-4,13-15H2,1-2H3,(H,25,28)(H,26,27)/t20-/m0/s1. The van der Waals surface area contributed by atoms with E-state index < -0.39 is 0 Å². The lowest BCUT2D eigenvalue weighted by molar-refractivity contribution is -0.119. The minimum absolute atomic E-state index is 0.00485. The molecule has 1 saturated heterocycles. The predicted octanol–water partition coefficient (Wildman–Crippen LogP) is 4.75. The highest BCUT2D eigenvalue weighted by atomic mass is 32.2. The van der Waals surface area contributed by atoms with E-state index >= 15 is 0 Å². The van der Waals surface area contributed by atoms with Crippen LogP contribution in [-0.4, -0.2) is 40.9 Å². The number of aromatic amines is 1. The molecular formula is C24H27N3O2S. The largest absolute Gasteiger partial charge is 0.376 e. The molecule has 2 N–H and O–H groups in total. The van der Waals surface area contributed by atoms with E-state index in [4.69, 9.17) is 9.72 Å². The highest BCUT2D eigenvalue weighted by Gasteiger charge is 2.18. The van der Waals surface area contributed by atoms with E-state index in [1.54, 1.807) is 0 Å². The Bertz CT molecular complexity index is 990. The number of aromatic nitrogens is 2. The van der Waals surface area contributed by atoms with Gasteiger partial charge in [-0.1, -0.05) is 71.4 Å². The first kappa shape index (κ1) is 20.7. The van der Waals surface area contributed by atoms with Crippen molar-refractivity contribution in [3.05, 3.63) is 59.7 Å². The van der Waals surface area contributed by atoms with Gasteiger partial charge >= 0.3 is 0 Å². The Morgan fingerprint density at radius 1 is 1.10 bits per heavy atom. The molecular weight excluding hydrogens is 394 g/mol. The fourth-order valence-electron chi connectivity index (χ4n) is 3.44. The maximum atomic E-state index is 12.4. The highest BCUT2D eigenvalue weighted by molar-refractivity contribution is 8.00. The van der Waals surface area contributed by atoms with E-state index in [0.717, 1.165) is 47.1 Å². The molecule has 0 radical (unpaired) electrons. The number of rotatable bonds is 7. The number of ether oxygens (including phenoxy) is 1. The number of benzene rings is 2. The molecule has 0 spiro atoms. The molecule has 1 atom stereocenters. The Morgan fingerprint density at radius 3 is 2.40 bits per heavy atom. The van der Waals surface area contributed by atoms with Crippen LogP contribution in [0.1, 0.15) is 24.0 Å². The number of carbonyl (C=O) groups is 1. The Labute approximate surface area is 181 Å². The fraction of sp³-hybridized carbons (Fsp3) is 0.333. The van der Waals surface area contributed by atoms with Crippen LogP contribution in [-0.2, 0) is 9.53 Å². The van der Waals surface area contributed by atoms with Gasteiger partial charge in [0.05, 0.1) is 17.6 Å². The van der Waals surface area contributed by atoms with E-state index in [1.807, 2.05) is 0 Å². The van der Waals surface area contributed by atoms with E-state index in [-0.39, 0.29) is 12.0 Å². The summed E-state index contributed by atoms with van der Waals surface area (Å²) in [5.74, 6) is 1.14.